The number of phenolic OH excluding ortho intramolecular Hbond substituents is 1. The van der Waals surface area contributed by atoms with E-state index in [9.17, 15) is 5.11 Å². The van der Waals surface area contributed by atoms with Crippen LogP contribution in [0.3, 0.4) is 0 Å². The Kier molecular flexibility index (Phi) is 7.43. The molecule has 6 nitrogen and oxygen atoms in total. The molecule has 6 rings (SSSR count). The lowest BCUT2D eigenvalue weighted by Gasteiger charge is -2.45. The molecule has 0 aliphatic carbocycles. The Morgan fingerprint density at radius 2 is 1.52 bits per heavy atom. The second-order valence-corrected chi connectivity index (χ2v) is 16.5. The van der Waals surface area contributed by atoms with E-state index in [1.165, 1.54) is 10.4 Å². The molecule has 214 valence electrons. The van der Waals surface area contributed by atoms with Crippen molar-refractivity contribution < 1.29 is 14.3 Å². The van der Waals surface area contributed by atoms with Crippen molar-refractivity contribution >= 4 is 29.9 Å². The molecule has 1 aliphatic rings. The second-order valence-electron chi connectivity index (χ2n) is 12.3. The highest BCUT2D eigenvalue weighted by molar-refractivity contribution is 6.99. The molecule has 1 N–H and O–H groups in total. The number of aromatic nitrogens is 3. The van der Waals surface area contributed by atoms with E-state index in [0.717, 1.165) is 16.8 Å². The Balaban J connectivity index is 1.41. The third-order valence-corrected chi connectivity index (χ3v) is 13.4. The average molecular weight is 576 g/mol. The molecule has 0 radical (unpaired) electrons. The van der Waals surface area contributed by atoms with Crippen LogP contribution < -0.4 is 10.4 Å². The number of pyridine rings is 1. The summed E-state index contributed by atoms with van der Waals surface area (Å²) in [4.78, 5) is 14.6. The van der Waals surface area contributed by atoms with Gasteiger partial charge in [-0.2, -0.15) is 0 Å². The molecule has 1 fully saturated rings. The van der Waals surface area contributed by atoms with E-state index >= 15 is 0 Å². The van der Waals surface area contributed by atoms with Gasteiger partial charge < -0.3 is 14.3 Å². The van der Waals surface area contributed by atoms with Crippen LogP contribution in [0.1, 0.15) is 43.5 Å². The van der Waals surface area contributed by atoms with Gasteiger partial charge in [0.05, 0.1) is 36.6 Å². The van der Waals surface area contributed by atoms with Gasteiger partial charge in [0.1, 0.15) is 11.3 Å². The third kappa shape index (κ3) is 5.02. The number of hydrogen-bond donors (Lipinski definition) is 1. The van der Waals surface area contributed by atoms with Crippen LogP contribution in [0.15, 0.2) is 91.1 Å². The Hall–Kier alpha value is -3.91. The molecule has 5 aromatic rings. The van der Waals surface area contributed by atoms with Crippen molar-refractivity contribution in [1.29, 1.82) is 0 Å². The molecule has 7 heteroatoms. The van der Waals surface area contributed by atoms with E-state index in [2.05, 4.69) is 81.4 Å². The van der Waals surface area contributed by atoms with Crippen molar-refractivity contribution in [2.45, 2.75) is 51.7 Å². The molecular weight excluding hydrogens is 538 g/mol. The number of rotatable bonds is 6. The molecule has 2 unspecified atom stereocenters. The highest BCUT2D eigenvalue weighted by Gasteiger charge is 2.53. The highest BCUT2D eigenvalue weighted by atomic mass is 28.4. The molecule has 1 aliphatic heterocycles. The molecule has 42 heavy (non-hydrogen) atoms. The number of hydrogen-bond acceptors (Lipinski definition) is 6. The minimum atomic E-state index is -2.78. The molecule has 2 aromatic heterocycles. The number of phenols is 1. The van der Waals surface area contributed by atoms with Crippen LogP contribution >= 0.6 is 0 Å². The molecule has 1 saturated heterocycles. The van der Waals surface area contributed by atoms with Crippen molar-refractivity contribution in [2.24, 2.45) is 0 Å². The molecule has 2 atom stereocenters. The van der Waals surface area contributed by atoms with Crippen LogP contribution in [-0.2, 0) is 9.16 Å². The fourth-order valence-corrected chi connectivity index (χ4v) is 11.1. The molecule has 3 heterocycles. The van der Waals surface area contributed by atoms with Crippen LogP contribution in [0.4, 0.5) is 0 Å². The Labute approximate surface area is 248 Å². The number of aryl methyl sites for hydroxylation is 2. The lowest BCUT2D eigenvalue weighted by atomic mass is 10.0. The average Bonchev–Trinajstić information content (AvgIpc) is 3.43. The quantitative estimate of drug-likeness (QED) is 0.248. The molecule has 0 spiro atoms. The third-order valence-electron chi connectivity index (χ3n) is 8.29. The summed E-state index contributed by atoms with van der Waals surface area (Å²) in [6, 6.07) is 29.0. The van der Waals surface area contributed by atoms with Gasteiger partial charge in [-0.05, 0) is 58.6 Å². The zero-order chi connectivity index (χ0) is 29.5. The van der Waals surface area contributed by atoms with Crippen molar-refractivity contribution in [3.05, 3.63) is 108 Å². The van der Waals surface area contributed by atoms with Crippen LogP contribution in [-0.4, -0.2) is 47.7 Å². The van der Waals surface area contributed by atoms with E-state index in [-0.39, 0.29) is 22.8 Å². The van der Waals surface area contributed by atoms with Crippen molar-refractivity contribution in [1.82, 2.24) is 15.0 Å². The lowest BCUT2D eigenvalue weighted by Crippen LogP contribution is -2.68. The van der Waals surface area contributed by atoms with Gasteiger partial charge in [0.15, 0.2) is 5.65 Å². The number of benzene rings is 3. The standard InChI is InChI=1S/C35H37N3O3Si/c1-23-18-24(2)33(31(39)19-23)28-16-17-29-34(37-28)38-30(20-36-29)27-21-40-22-32(27)41-42(35(3,4)5,25-12-8-6-9-13-25)26-14-10-7-11-15-26/h6-20,27,32,39H,21-22H2,1-5H3. The van der Waals surface area contributed by atoms with E-state index in [0.29, 0.717) is 35.6 Å². The first-order valence-corrected chi connectivity index (χ1v) is 16.4. The van der Waals surface area contributed by atoms with Gasteiger partial charge in [-0.25, -0.2) is 9.97 Å². The summed E-state index contributed by atoms with van der Waals surface area (Å²) in [5.41, 5.74) is 5.41. The van der Waals surface area contributed by atoms with Gasteiger partial charge in [-0.1, -0.05) is 87.5 Å². The van der Waals surface area contributed by atoms with Crippen LogP contribution in [0.2, 0.25) is 5.04 Å². The van der Waals surface area contributed by atoms with Crippen LogP contribution in [0.25, 0.3) is 22.4 Å². The number of fused-ring (bicyclic) bond motifs is 1. The predicted octanol–water partition coefficient (Wildman–Crippen LogP) is 6.07. The molecule has 0 bridgehead atoms. The van der Waals surface area contributed by atoms with Crippen molar-refractivity contribution in [3.8, 4) is 17.0 Å². The monoisotopic (exact) mass is 575 g/mol. The summed E-state index contributed by atoms with van der Waals surface area (Å²) >= 11 is 0. The SMILES string of the molecule is Cc1cc(C)c(-c2ccc3ncc(C4COCC4O[Si](c4ccccc4)(c4ccccc4)C(C)(C)C)nc3n2)c(O)c1. The summed E-state index contributed by atoms with van der Waals surface area (Å²) in [5.74, 6) is 0.120. The zero-order valence-corrected chi connectivity index (χ0v) is 25.8. The number of ether oxygens (including phenoxy) is 1. The minimum absolute atomic E-state index is 0.0940. The summed E-state index contributed by atoms with van der Waals surface area (Å²) in [5, 5.41) is 13.0. The highest BCUT2D eigenvalue weighted by Crippen LogP contribution is 2.40. The first-order chi connectivity index (χ1) is 20.2. The first-order valence-electron chi connectivity index (χ1n) is 14.5. The van der Waals surface area contributed by atoms with E-state index in [1.807, 2.05) is 38.2 Å². The maximum Gasteiger partial charge on any atom is 0.261 e. The summed E-state index contributed by atoms with van der Waals surface area (Å²) in [7, 11) is -2.78. The Morgan fingerprint density at radius 3 is 2.14 bits per heavy atom. The van der Waals surface area contributed by atoms with Gasteiger partial charge in [0, 0.05) is 11.8 Å². The summed E-state index contributed by atoms with van der Waals surface area (Å²) < 4.78 is 13.5. The van der Waals surface area contributed by atoms with Gasteiger partial charge in [0.25, 0.3) is 8.32 Å². The Bertz CT molecular complexity index is 1660. The van der Waals surface area contributed by atoms with E-state index < -0.39 is 8.32 Å². The van der Waals surface area contributed by atoms with Crippen molar-refractivity contribution in [2.75, 3.05) is 13.2 Å². The molecule has 3 aromatic carbocycles. The largest absolute Gasteiger partial charge is 0.507 e. The van der Waals surface area contributed by atoms with Crippen molar-refractivity contribution in [3.63, 3.8) is 0 Å². The van der Waals surface area contributed by atoms with Gasteiger partial charge in [-0.3, -0.25) is 4.98 Å². The minimum Gasteiger partial charge on any atom is -0.507 e. The van der Waals surface area contributed by atoms with Gasteiger partial charge in [-0.15, -0.1) is 0 Å². The van der Waals surface area contributed by atoms with Gasteiger partial charge >= 0.3 is 0 Å². The molecule has 0 saturated carbocycles. The maximum atomic E-state index is 10.7. The topological polar surface area (TPSA) is 77.4 Å². The van der Waals surface area contributed by atoms with E-state index in [1.54, 1.807) is 6.07 Å². The first kappa shape index (κ1) is 28.2. The second kappa shape index (κ2) is 11.1. The predicted molar refractivity (Wildman–Crippen MR) is 170 cm³/mol. The summed E-state index contributed by atoms with van der Waals surface area (Å²) in [6.07, 6.45) is 1.63. The fraction of sp³-hybridized carbons (Fsp3) is 0.286. The number of nitrogens with zero attached hydrogens (tertiary/aromatic N) is 3. The van der Waals surface area contributed by atoms with Gasteiger partial charge in [0.2, 0.25) is 0 Å². The van der Waals surface area contributed by atoms with Crippen LogP contribution in [0, 0.1) is 13.8 Å². The Morgan fingerprint density at radius 1 is 0.857 bits per heavy atom. The zero-order valence-electron chi connectivity index (χ0n) is 24.8. The molecular formula is C35H37N3O3Si. The smallest absolute Gasteiger partial charge is 0.261 e. The molecule has 0 amide bonds. The van der Waals surface area contributed by atoms with E-state index in [4.69, 9.17) is 24.1 Å². The number of aromatic hydroxyl groups is 1. The van der Waals surface area contributed by atoms with Crippen LogP contribution in [0.5, 0.6) is 5.75 Å². The fourth-order valence-electron chi connectivity index (χ4n) is 6.35. The summed E-state index contributed by atoms with van der Waals surface area (Å²) in [6.45, 7) is 11.8. The normalized spacial score (nSPS) is 17.5. The maximum absolute atomic E-state index is 10.7. The lowest BCUT2D eigenvalue weighted by molar-refractivity contribution is 0.133.